The fourth-order valence-electron chi connectivity index (χ4n) is 4.04. The standard InChI is InChI=1S/C21H26N4OS/c1-13-9-10-14(2)19-17(13)11-15(3)20-23-24-21(25(19)20)27-12-18(26)22-16-7-5-4-6-8-16/h9-11,16H,4-8,12H2,1-3H3,(H,22,26). The van der Waals surface area contributed by atoms with E-state index in [2.05, 4.69) is 58.9 Å². The van der Waals surface area contributed by atoms with E-state index in [-0.39, 0.29) is 5.91 Å². The molecule has 1 amide bonds. The van der Waals surface area contributed by atoms with Crippen LogP contribution in [0.2, 0.25) is 0 Å². The van der Waals surface area contributed by atoms with Gasteiger partial charge in [-0.15, -0.1) is 10.2 Å². The van der Waals surface area contributed by atoms with Gasteiger partial charge < -0.3 is 5.32 Å². The molecule has 0 spiro atoms. The third-order valence-electron chi connectivity index (χ3n) is 5.51. The van der Waals surface area contributed by atoms with E-state index in [4.69, 9.17) is 0 Å². The summed E-state index contributed by atoms with van der Waals surface area (Å²) in [7, 11) is 0. The number of nitrogens with one attached hydrogen (secondary N) is 1. The zero-order chi connectivity index (χ0) is 19.0. The molecule has 1 fully saturated rings. The Morgan fingerprint density at radius 2 is 1.85 bits per heavy atom. The number of aryl methyl sites for hydroxylation is 3. The van der Waals surface area contributed by atoms with E-state index in [0.29, 0.717) is 11.8 Å². The predicted octanol–water partition coefficient (Wildman–Crippen LogP) is 4.35. The number of amides is 1. The van der Waals surface area contributed by atoms with Crippen LogP contribution in [0.3, 0.4) is 0 Å². The van der Waals surface area contributed by atoms with Crippen molar-refractivity contribution in [2.24, 2.45) is 0 Å². The highest BCUT2D eigenvalue weighted by atomic mass is 32.2. The molecule has 1 aliphatic carbocycles. The second-order valence-corrected chi connectivity index (χ2v) is 8.56. The molecule has 0 unspecified atom stereocenters. The van der Waals surface area contributed by atoms with Crippen LogP contribution in [0.25, 0.3) is 16.6 Å². The van der Waals surface area contributed by atoms with Gasteiger partial charge >= 0.3 is 0 Å². The maximum Gasteiger partial charge on any atom is 0.230 e. The summed E-state index contributed by atoms with van der Waals surface area (Å²) < 4.78 is 2.12. The van der Waals surface area contributed by atoms with Crippen LogP contribution in [0.1, 0.15) is 48.8 Å². The fourth-order valence-corrected chi connectivity index (χ4v) is 4.79. The van der Waals surface area contributed by atoms with Crippen molar-refractivity contribution in [3.63, 3.8) is 0 Å². The van der Waals surface area contributed by atoms with Crippen LogP contribution < -0.4 is 5.32 Å². The van der Waals surface area contributed by atoms with Crippen LogP contribution in [0, 0.1) is 20.8 Å². The van der Waals surface area contributed by atoms with Gasteiger partial charge in [-0.2, -0.15) is 0 Å². The van der Waals surface area contributed by atoms with E-state index in [0.717, 1.165) is 34.7 Å². The fraction of sp³-hybridized carbons (Fsp3) is 0.476. The Bertz CT molecular complexity index is 1000. The molecule has 5 nitrogen and oxygen atoms in total. The molecule has 27 heavy (non-hydrogen) atoms. The van der Waals surface area contributed by atoms with Gasteiger partial charge in [-0.3, -0.25) is 9.20 Å². The van der Waals surface area contributed by atoms with Crippen molar-refractivity contribution in [2.75, 3.05) is 5.75 Å². The summed E-state index contributed by atoms with van der Waals surface area (Å²) in [5.41, 5.74) is 5.53. The van der Waals surface area contributed by atoms with E-state index in [9.17, 15) is 4.79 Å². The molecule has 0 bridgehead atoms. The lowest BCUT2D eigenvalue weighted by Gasteiger charge is -2.22. The molecule has 4 rings (SSSR count). The number of rotatable bonds is 4. The summed E-state index contributed by atoms with van der Waals surface area (Å²) in [5, 5.41) is 14.0. The van der Waals surface area contributed by atoms with Crippen molar-refractivity contribution in [2.45, 2.75) is 64.1 Å². The van der Waals surface area contributed by atoms with Gasteiger partial charge in [0, 0.05) is 11.4 Å². The third-order valence-corrected chi connectivity index (χ3v) is 6.44. The summed E-state index contributed by atoms with van der Waals surface area (Å²) in [4.78, 5) is 12.4. The van der Waals surface area contributed by atoms with Gasteiger partial charge in [-0.25, -0.2) is 0 Å². The van der Waals surface area contributed by atoms with Gasteiger partial charge in [0.15, 0.2) is 10.8 Å². The lowest BCUT2D eigenvalue weighted by Crippen LogP contribution is -2.37. The van der Waals surface area contributed by atoms with Crippen LogP contribution in [-0.2, 0) is 4.79 Å². The van der Waals surface area contributed by atoms with E-state index < -0.39 is 0 Å². The monoisotopic (exact) mass is 382 g/mol. The Morgan fingerprint density at radius 3 is 2.63 bits per heavy atom. The van der Waals surface area contributed by atoms with Crippen molar-refractivity contribution >= 4 is 34.2 Å². The van der Waals surface area contributed by atoms with Crippen LogP contribution in [0.4, 0.5) is 0 Å². The summed E-state index contributed by atoms with van der Waals surface area (Å²) in [5.74, 6) is 0.464. The van der Waals surface area contributed by atoms with E-state index >= 15 is 0 Å². The minimum atomic E-state index is 0.0912. The summed E-state index contributed by atoms with van der Waals surface area (Å²) in [6, 6.07) is 6.82. The maximum absolute atomic E-state index is 12.4. The number of pyridine rings is 1. The van der Waals surface area contributed by atoms with Crippen LogP contribution in [0.5, 0.6) is 0 Å². The number of carbonyl (C=O) groups excluding carboxylic acids is 1. The quantitative estimate of drug-likeness (QED) is 0.682. The largest absolute Gasteiger partial charge is 0.353 e. The zero-order valence-electron chi connectivity index (χ0n) is 16.2. The first-order chi connectivity index (χ1) is 13.0. The van der Waals surface area contributed by atoms with E-state index in [1.165, 1.54) is 47.5 Å². The van der Waals surface area contributed by atoms with Gasteiger partial charge in [0.2, 0.25) is 5.91 Å². The number of hydrogen-bond donors (Lipinski definition) is 1. The Labute approximate surface area is 163 Å². The molecule has 0 saturated heterocycles. The molecule has 142 valence electrons. The molecule has 6 heteroatoms. The highest BCUT2D eigenvalue weighted by Crippen LogP contribution is 2.29. The molecule has 0 aliphatic heterocycles. The summed E-state index contributed by atoms with van der Waals surface area (Å²) in [6.45, 7) is 6.30. The summed E-state index contributed by atoms with van der Waals surface area (Å²) >= 11 is 1.47. The number of hydrogen-bond acceptors (Lipinski definition) is 4. The number of benzene rings is 1. The molecule has 2 heterocycles. The van der Waals surface area contributed by atoms with E-state index in [1.807, 2.05) is 0 Å². The van der Waals surface area contributed by atoms with Crippen LogP contribution in [0.15, 0.2) is 23.4 Å². The second kappa shape index (κ2) is 7.50. The van der Waals surface area contributed by atoms with Crippen molar-refractivity contribution < 1.29 is 4.79 Å². The number of nitrogens with zero attached hydrogens (tertiary/aromatic N) is 3. The Hall–Kier alpha value is -2.08. The number of aromatic nitrogens is 3. The second-order valence-electron chi connectivity index (χ2n) is 7.62. The van der Waals surface area contributed by atoms with Crippen molar-refractivity contribution in [1.82, 2.24) is 19.9 Å². The molecular formula is C21H26N4OS. The predicted molar refractivity (Wildman–Crippen MR) is 110 cm³/mol. The van der Waals surface area contributed by atoms with E-state index in [1.54, 1.807) is 0 Å². The number of thioether (sulfide) groups is 1. The average molecular weight is 383 g/mol. The molecule has 0 radical (unpaired) electrons. The third kappa shape index (κ3) is 3.55. The number of fused-ring (bicyclic) bond motifs is 3. The van der Waals surface area contributed by atoms with Gasteiger partial charge in [0.1, 0.15) is 0 Å². The lowest BCUT2D eigenvalue weighted by molar-refractivity contribution is -0.119. The molecule has 2 aromatic heterocycles. The highest BCUT2D eigenvalue weighted by molar-refractivity contribution is 7.99. The summed E-state index contributed by atoms with van der Waals surface area (Å²) in [6.07, 6.45) is 5.94. The molecule has 1 saturated carbocycles. The molecule has 1 aromatic carbocycles. The Morgan fingerprint density at radius 1 is 1.11 bits per heavy atom. The lowest BCUT2D eigenvalue weighted by atomic mass is 9.95. The molecular weight excluding hydrogens is 356 g/mol. The molecule has 1 aliphatic rings. The zero-order valence-corrected chi connectivity index (χ0v) is 17.0. The highest BCUT2D eigenvalue weighted by Gasteiger charge is 2.18. The smallest absolute Gasteiger partial charge is 0.230 e. The van der Waals surface area contributed by atoms with Crippen LogP contribution >= 0.6 is 11.8 Å². The average Bonchev–Trinajstić information content (AvgIpc) is 3.09. The Balaban J connectivity index is 1.62. The Kier molecular flexibility index (Phi) is 5.08. The SMILES string of the molecule is Cc1ccc(C)c2c1cc(C)c1nnc(SCC(=O)NC3CCCCC3)n12. The van der Waals surface area contributed by atoms with Crippen molar-refractivity contribution in [1.29, 1.82) is 0 Å². The van der Waals surface area contributed by atoms with Crippen LogP contribution in [-0.4, -0.2) is 32.3 Å². The number of carbonyl (C=O) groups is 1. The molecule has 1 N–H and O–H groups in total. The van der Waals surface area contributed by atoms with Gasteiger partial charge in [0.25, 0.3) is 0 Å². The van der Waals surface area contributed by atoms with Gasteiger partial charge in [-0.05, 0) is 56.4 Å². The normalized spacial score (nSPS) is 15.5. The van der Waals surface area contributed by atoms with Gasteiger partial charge in [-0.1, -0.05) is 43.2 Å². The topological polar surface area (TPSA) is 59.3 Å². The minimum absolute atomic E-state index is 0.0912. The molecule has 3 aromatic rings. The first kappa shape index (κ1) is 18.3. The van der Waals surface area contributed by atoms with Gasteiger partial charge in [0.05, 0.1) is 11.3 Å². The first-order valence-corrected chi connectivity index (χ1v) is 10.7. The first-order valence-electron chi connectivity index (χ1n) is 9.71. The van der Waals surface area contributed by atoms with Crippen molar-refractivity contribution in [3.05, 3.63) is 34.9 Å². The maximum atomic E-state index is 12.4. The van der Waals surface area contributed by atoms with Crippen molar-refractivity contribution in [3.8, 4) is 0 Å². The minimum Gasteiger partial charge on any atom is -0.353 e. The molecule has 0 atom stereocenters.